The lowest BCUT2D eigenvalue weighted by Gasteiger charge is -2.21. The van der Waals surface area contributed by atoms with Crippen LogP contribution in [0.15, 0.2) is 36.5 Å². The Balaban J connectivity index is 3.52. The fourth-order valence-electron chi connectivity index (χ4n) is 10.2. The number of unbranched alkanes of at least 4 members (excludes halogenated alkanes) is 48. The first-order chi connectivity index (χ1) is 35.1. The van der Waals surface area contributed by atoms with Crippen LogP contribution in [0.1, 0.15) is 354 Å². The second-order valence-corrected chi connectivity index (χ2v) is 22.3. The fraction of sp³-hybridized carbons (Fsp3) is 0.894. The summed E-state index contributed by atoms with van der Waals surface area (Å²) in [6, 6.07) is -0.799. The van der Waals surface area contributed by atoms with Gasteiger partial charge in [0.05, 0.1) is 18.8 Å². The zero-order valence-corrected chi connectivity index (χ0v) is 48.1. The third-order valence-corrected chi connectivity index (χ3v) is 15.2. The highest BCUT2D eigenvalue weighted by Gasteiger charge is 2.22. The molecule has 5 heteroatoms. The van der Waals surface area contributed by atoms with Crippen LogP contribution in [-0.4, -0.2) is 46.1 Å². The van der Waals surface area contributed by atoms with E-state index in [2.05, 4.69) is 43.5 Å². The van der Waals surface area contributed by atoms with E-state index in [1.807, 2.05) is 6.08 Å². The van der Waals surface area contributed by atoms with E-state index in [4.69, 9.17) is 0 Å². The molecule has 5 nitrogen and oxygen atoms in total. The Morgan fingerprint density at radius 1 is 0.352 bits per heavy atom. The molecule has 420 valence electrons. The highest BCUT2D eigenvalue weighted by Crippen LogP contribution is 2.18. The van der Waals surface area contributed by atoms with Gasteiger partial charge in [-0.3, -0.25) is 4.79 Å². The normalized spacial score (nSPS) is 13.4. The topological polar surface area (TPSA) is 89.8 Å². The quantitative estimate of drug-likeness (QED) is 0.0361. The zero-order valence-electron chi connectivity index (χ0n) is 48.1. The third kappa shape index (κ3) is 56.1. The summed E-state index contributed by atoms with van der Waals surface area (Å²) < 4.78 is 0. The molecule has 0 radical (unpaired) electrons. The van der Waals surface area contributed by atoms with Crippen molar-refractivity contribution in [1.29, 1.82) is 0 Å². The van der Waals surface area contributed by atoms with E-state index < -0.39 is 24.2 Å². The maximum absolute atomic E-state index is 12.6. The van der Waals surface area contributed by atoms with Gasteiger partial charge in [0.2, 0.25) is 5.91 Å². The molecule has 0 heterocycles. The van der Waals surface area contributed by atoms with Crippen LogP contribution >= 0.6 is 0 Å². The van der Waals surface area contributed by atoms with Crippen molar-refractivity contribution < 1.29 is 20.1 Å². The van der Waals surface area contributed by atoms with Gasteiger partial charge in [0.25, 0.3) is 0 Å². The standard InChI is InChI=1S/C66H127NO4/c1-3-5-7-9-11-13-15-17-19-21-23-25-27-29-30-31-32-33-34-35-37-39-41-43-45-47-49-51-53-55-57-59-61-65(70)66(71)67-63(62-68)64(69)60-58-56-54-52-50-48-46-44-42-40-38-36-28-26-24-22-20-18-16-14-12-10-8-6-4-2/h23,25,29-30,58,60,63-65,68-70H,3-22,24,26-28,31-57,59,61-62H2,1-2H3,(H,67,71)/b25-23-,30-29-,60-58+. The summed E-state index contributed by atoms with van der Waals surface area (Å²) in [5.74, 6) is -0.497. The summed E-state index contributed by atoms with van der Waals surface area (Å²) in [5.41, 5.74) is 0. The Bertz CT molecular complexity index is 1100. The van der Waals surface area contributed by atoms with Gasteiger partial charge in [-0.25, -0.2) is 0 Å². The Morgan fingerprint density at radius 3 is 0.887 bits per heavy atom. The average Bonchev–Trinajstić information content (AvgIpc) is 3.38. The van der Waals surface area contributed by atoms with Gasteiger partial charge in [0, 0.05) is 0 Å². The Labute approximate surface area is 444 Å². The molecule has 0 fully saturated rings. The number of hydrogen-bond donors (Lipinski definition) is 4. The second-order valence-electron chi connectivity index (χ2n) is 22.3. The van der Waals surface area contributed by atoms with Crippen molar-refractivity contribution in [1.82, 2.24) is 5.32 Å². The molecule has 0 spiro atoms. The maximum Gasteiger partial charge on any atom is 0.249 e. The van der Waals surface area contributed by atoms with Gasteiger partial charge in [-0.2, -0.15) is 0 Å². The fourth-order valence-corrected chi connectivity index (χ4v) is 10.2. The monoisotopic (exact) mass is 998 g/mol. The molecule has 0 aromatic carbocycles. The predicted molar refractivity (Wildman–Crippen MR) is 314 cm³/mol. The van der Waals surface area contributed by atoms with E-state index in [1.54, 1.807) is 6.08 Å². The average molecular weight is 999 g/mol. The number of carbonyl (C=O) groups is 1. The van der Waals surface area contributed by atoms with Crippen LogP contribution in [-0.2, 0) is 4.79 Å². The van der Waals surface area contributed by atoms with Crippen LogP contribution < -0.4 is 5.32 Å². The molecule has 0 saturated carbocycles. The Hall–Kier alpha value is -1.43. The van der Waals surface area contributed by atoms with Crippen molar-refractivity contribution in [2.75, 3.05) is 6.61 Å². The predicted octanol–water partition coefficient (Wildman–Crippen LogP) is 20.6. The van der Waals surface area contributed by atoms with Gasteiger partial charge in [-0.1, -0.05) is 339 Å². The smallest absolute Gasteiger partial charge is 0.249 e. The van der Waals surface area contributed by atoms with E-state index in [9.17, 15) is 20.1 Å². The molecular formula is C66H127NO4. The number of nitrogens with one attached hydrogen (secondary N) is 1. The van der Waals surface area contributed by atoms with Gasteiger partial charge in [-0.15, -0.1) is 0 Å². The zero-order chi connectivity index (χ0) is 51.4. The first-order valence-corrected chi connectivity index (χ1v) is 32.3. The van der Waals surface area contributed by atoms with E-state index in [-0.39, 0.29) is 6.61 Å². The first kappa shape index (κ1) is 69.6. The van der Waals surface area contributed by atoms with E-state index in [1.165, 1.54) is 295 Å². The van der Waals surface area contributed by atoms with Gasteiger partial charge in [0.1, 0.15) is 6.10 Å². The number of allylic oxidation sites excluding steroid dienone is 5. The molecule has 0 aliphatic rings. The lowest BCUT2D eigenvalue weighted by atomic mass is 10.0. The minimum Gasteiger partial charge on any atom is -0.394 e. The van der Waals surface area contributed by atoms with E-state index in [0.717, 1.165) is 38.5 Å². The second kappa shape index (κ2) is 61.1. The number of aliphatic hydroxyl groups is 3. The molecule has 0 saturated heterocycles. The SMILES string of the molecule is CCCCCCCCCCC/C=C\C/C=C\CCCCCCCCCCCCCCCCCCC(O)C(=O)NC(CO)C(O)/C=C/CCCCCCCCCCCCCCCCCCCCCCCCC. The first-order valence-electron chi connectivity index (χ1n) is 32.3. The molecule has 0 aliphatic carbocycles. The van der Waals surface area contributed by atoms with E-state index >= 15 is 0 Å². The Kier molecular flexibility index (Phi) is 59.9. The number of carbonyl (C=O) groups excluding carboxylic acids is 1. The van der Waals surface area contributed by atoms with Crippen LogP contribution in [0.4, 0.5) is 0 Å². The van der Waals surface area contributed by atoms with Crippen LogP contribution in [0.5, 0.6) is 0 Å². The Morgan fingerprint density at radius 2 is 0.606 bits per heavy atom. The van der Waals surface area contributed by atoms with E-state index in [0.29, 0.717) is 6.42 Å². The molecule has 3 atom stereocenters. The van der Waals surface area contributed by atoms with Crippen molar-refractivity contribution in [2.45, 2.75) is 372 Å². The molecule has 3 unspecified atom stereocenters. The van der Waals surface area contributed by atoms with Gasteiger partial charge < -0.3 is 20.6 Å². The highest BCUT2D eigenvalue weighted by molar-refractivity contribution is 5.80. The molecule has 0 rings (SSSR count). The lowest BCUT2D eigenvalue weighted by molar-refractivity contribution is -0.131. The van der Waals surface area contributed by atoms with Crippen molar-refractivity contribution in [3.63, 3.8) is 0 Å². The number of aliphatic hydroxyl groups excluding tert-OH is 3. The molecule has 71 heavy (non-hydrogen) atoms. The minimum atomic E-state index is -1.10. The van der Waals surface area contributed by atoms with Gasteiger partial charge in [0.15, 0.2) is 0 Å². The van der Waals surface area contributed by atoms with Gasteiger partial charge in [-0.05, 0) is 51.4 Å². The van der Waals surface area contributed by atoms with Crippen LogP contribution in [0, 0.1) is 0 Å². The van der Waals surface area contributed by atoms with Crippen molar-refractivity contribution in [3.8, 4) is 0 Å². The third-order valence-electron chi connectivity index (χ3n) is 15.2. The molecule has 0 aliphatic heterocycles. The molecule has 0 bridgehead atoms. The molecule has 1 amide bonds. The van der Waals surface area contributed by atoms with Crippen LogP contribution in [0.2, 0.25) is 0 Å². The molecular weight excluding hydrogens is 871 g/mol. The maximum atomic E-state index is 12.6. The molecule has 0 aromatic rings. The van der Waals surface area contributed by atoms with Crippen molar-refractivity contribution in [2.24, 2.45) is 0 Å². The molecule has 0 aromatic heterocycles. The van der Waals surface area contributed by atoms with Gasteiger partial charge >= 0.3 is 0 Å². The number of hydrogen-bond acceptors (Lipinski definition) is 4. The van der Waals surface area contributed by atoms with Crippen LogP contribution in [0.25, 0.3) is 0 Å². The largest absolute Gasteiger partial charge is 0.394 e. The summed E-state index contributed by atoms with van der Waals surface area (Å²) in [5, 5.41) is 33.5. The molecule has 4 N–H and O–H groups in total. The number of rotatable bonds is 60. The summed E-state index contributed by atoms with van der Waals surface area (Å²) in [4.78, 5) is 12.6. The van der Waals surface area contributed by atoms with Crippen molar-refractivity contribution >= 4 is 5.91 Å². The summed E-state index contributed by atoms with van der Waals surface area (Å²) in [6.45, 7) is 4.23. The lowest BCUT2D eigenvalue weighted by Crippen LogP contribution is -2.48. The summed E-state index contributed by atoms with van der Waals surface area (Å²) in [7, 11) is 0. The summed E-state index contributed by atoms with van der Waals surface area (Å²) >= 11 is 0. The summed E-state index contributed by atoms with van der Waals surface area (Å²) in [6.07, 6.45) is 81.1. The minimum absolute atomic E-state index is 0.361. The van der Waals surface area contributed by atoms with Crippen LogP contribution in [0.3, 0.4) is 0 Å². The van der Waals surface area contributed by atoms with Crippen molar-refractivity contribution in [3.05, 3.63) is 36.5 Å². The highest BCUT2D eigenvalue weighted by atomic mass is 16.3. The number of amides is 1.